The number of piperidine rings is 1. The summed E-state index contributed by atoms with van der Waals surface area (Å²) in [5, 5.41) is 9.41. The van der Waals surface area contributed by atoms with Crippen molar-refractivity contribution in [1.29, 1.82) is 0 Å². The predicted molar refractivity (Wildman–Crippen MR) is 123 cm³/mol. The van der Waals surface area contributed by atoms with Gasteiger partial charge in [0.1, 0.15) is 17.2 Å². The number of rotatable bonds is 7. The van der Waals surface area contributed by atoms with Gasteiger partial charge in [-0.25, -0.2) is 9.18 Å². The Hall–Kier alpha value is -2.35. The molecule has 2 aliphatic rings. The summed E-state index contributed by atoms with van der Waals surface area (Å²) in [5.41, 5.74) is -0.467. The molecule has 2 amide bonds. The van der Waals surface area contributed by atoms with E-state index in [2.05, 4.69) is 0 Å². The average Bonchev–Trinajstić information content (AvgIpc) is 3.24. The minimum atomic E-state index is -0.601. The number of carbonyl (C=O) groups is 2. The molecule has 33 heavy (non-hydrogen) atoms. The van der Waals surface area contributed by atoms with Gasteiger partial charge in [0.2, 0.25) is 0 Å². The summed E-state index contributed by atoms with van der Waals surface area (Å²) in [6.45, 7) is 7.93. The summed E-state index contributed by atoms with van der Waals surface area (Å²) in [7, 11) is 0. The van der Waals surface area contributed by atoms with Crippen molar-refractivity contribution in [2.24, 2.45) is 5.92 Å². The third kappa shape index (κ3) is 7.06. The van der Waals surface area contributed by atoms with Crippen LogP contribution in [0.4, 0.5) is 9.18 Å². The van der Waals surface area contributed by atoms with E-state index >= 15 is 0 Å². The fourth-order valence-corrected chi connectivity index (χ4v) is 4.50. The first-order valence-corrected chi connectivity index (χ1v) is 12.0. The van der Waals surface area contributed by atoms with Crippen LogP contribution in [0, 0.1) is 11.7 Å². The first-order valence-electron chi connectivity index (χ1n) is 12.0. The zero-order valence-corrected chi connectivity index (χ0v) is 20.0. The molecule has 7 nitrogen and oxygen atoms in total. The fourth-order valence-electron chi connectivity index (χ4n) is 4.50. The smallest absolute Gasteiger partial charge is 0.410 e. The average molecular weight is 465 g/mol. The predicted octanol–water partition coefficient (Wildman–Crippen LogP) is 4.23. The molecule has 1 atom stereocenters. The largest absolute Gasteiger partial charge is 0.493 e. The van der Waals surface area contributed by atoms with Gasteiger partial charge in [0.25, 0.3) is 5.91 Å². The zero-order chi connectivity index (χ0) is 24.0. The molecular formula is C25H37FN2O5. The number of benzene rings is 1. The third-order valence-corrected chi connectivity index (χ3v) is 6.31. The van der Waals surface area contributed by atoms with E-state index in [1.807, 2.05) is 20.8 Å². The lowest BCUT2D eigenvalue weighted by Gasteiger charge is -2.33. The molecule has 1 aromatic carbocycles. The highest BCUT2D eigenvalue weighted by molar-refractivity contribution is 5.95. The first kappa shape index (κ1) is 25.3. The second kappa shape index (κ2) is 11.2. The lowest BCUT2D eigenvalue weighted by molar-refractivity contribution is 0.0179. The second-order valence-electron chi connectivity index (χ2n) is 10.0. The van der Waals surface area contributed by atoms with Crippen molar-refractivity contribution in [3.05, 3.63) is 29.6 Å². The van der Waals surface area contributed by atoms with Crippen LogP contribution >= 0.6 is 0 Å². The van der Waals surface area contributed by atoms with Crippen molar-refractivity contribution in [1.82, 2.24) is 9.80 Å². The van der Waals surface area contributed by atoms with Gasteiger partial charge in [-0.3, -0.25) is 4.79 Å². The van der Waals surface area contributed by atoms with Crippen LogP contribution in [0.1, 0.15) is 69.7 Å². The van der Waals surface area contributed by atoms with Crippen LogP contribution in [0.25, 0.3) is 0 Å². The number of amides is 2. The molecule has 3 rings (SSSR count). The van der Waals surface area contributed by atoms with Crippen molar-refractivity contribution in [2.45, 2.75) is 70.9 Å². The molecule has 2 saturated heterocycles. The van der Waals surface area contributed by atoms with Crippen LogP contribution in [0.15, 0.2) is 18.2 Å². The molecule has 0 aromatic heterocycles. The molecule has 0 bridgehead atoms. The molecule has 0 spiro atoms. The molecule has 2 heterocycles. The van der Waals surface area contributed by atoms with Crippen molar-refractivity contribution in [3.63, 3.8) is 0 Å². The van der Waals surface area contributed by atoms with Crippen LogP contribution < -0.4 is 4.74 Å². The normalized spacial score (nSPS) is 19.6. The van der Waals surface area contributed by atoms with E-state index in [1.165, 1.54) is 12.1 Å². The molecule has 0 radical (unpaired) electrons. The number of aliphatic hydroxyl groups excluding tert-OH is 1. The minimum absolute atomic E-state index is 0.0134. The van der Waals surface area contributed by atoms with Gasteiger partial charge in [-0.2, -0.15) is 0 Å². The number of likely N-dealkylation sites (tertiary alicyclic amines) is 2. The highest BCUT2D eigenvalue weighted by Crippen LogP contribution is 2.25. The highest BCUT2D eigenvalue weighted by atomic mass is 19.1. The number of halogens is 1. The fraction of sp³-hybridized carbons (Fsp3) is 0.680. The third-order valence-electron chi connectivity index (χ3n) is 6.31. The van der Waals surface area contributed by atoms with E-state index < -0.39 is 11.4 Å². The maximum atomic E-state index is 14.6. The van der Waals surface area contributed by atoms with Gasteiger partial charge in [-0.05, 0) is 77.3 Å². The van der Waals surface area contributed by atoms with Crippen molar-refractivity contribution < 1.29 is 28.6 Å². The van der Waals surface area contributed by atoms with Crippen LogP contribution in [0.3, 0.4) is 0 Å². The molecule has 8 heteroatoms. The Morgan fingerprint density at radius 1 is 1.15 bits per heavy atom. The topological polar surface area (TPSA) is 79.3 Å². The Bertz CT molecular complexity index is 818. The van der Waals surface area contributed by atoms with Crippen molar-refractivity contribution in [3.8, 4) is 5.75 Å². The summed E-state index contributed by atoms with van der Waals surface area (Å²) in [6, 6.07) is 4.12. The van der Waals surface area contributed by atoms with Crippen LogP contribution in [-0.2, 0) is 4.74 Å². The molecule has 1 N–H and O–H groups in total. The lowest BCUT2D eigenvalue weighted by atomic mass is 9.92. The number of hydrogen-bond acceptors (Lipinski definition) is 5. The van der Waals surface area contributed by atoms with Crippen LogP contribution in [-0.4, -0.2) is 71.4 Å². The molecule has 1 unspecified atom stereocenters. The van der Waals surface area contributed by atoms with E-state index in [0.717, 1.165) is 38.5 Å². The Balaban J connectivity index is 1.39. The Kier molecular flexibility index (Phi) is 8.57. The van der Waals surface area contributed by atoms with Crippen LogP contribution in [0.5, 0.6) is 5.75 Å². The highest BCUT2D eigenvalue weighted by Gasteiger charge is 2.30. The molecule has 1 aromatic rings. The standard InChI is InChI=1S/C25H37FN2O5/c1-25(2,3)33-24(31)27-13-10-18(11-14-27)6-5-15-32-20-8-9-21(22(26)16-20)23(30)28-12-4-7-19(28)17-29/h8-9,16,18-19,29H,4-7,10-15,17H2,1-3H3. The summed E-state index contributed by atoms with van der Waals surface area (Å²) in [4.78, 5) is 28.1. The summed E-state index contributed by atoms with van der Waals surface area (Å²) in [6.07, 6.45) is 5.02. The summed E-state index contributed by atoms with van der Waals surface area (Å²) >= 11 is 0. The van der Waals surface area contributed by atoms with Gasteiger partial charge in [-0.1, -0.05) is 0 Å². The molecule has 184 valence electrons. The van der Waals surface area contributed by atoms with E-state index in [0.29, 0.717) is 37.9 Å². The van der Waals surface area contributed by atoms with Gasteiger partial charge in [-0.15, -0.1) is 0 Å². The molecule has 2 aliphatic heterocycles. The summed E-state index contributed by atoms with van der Waals surface area (Å²) < 4.78 is 25.7. The lowest BCUT2D eigenvalue weighted by Crippen LogP contribution is -2.41. The quantitative estimate of drug-likeness (QED) is 0.611. The van der Waals surface area contributed by atoms with Gasteiger partial charge in [0.15, 0.2) is 0 Å². The number of carbonyl (C=O) groups excluding carboxylic acids is 2. The van der Waals surface area contributed by atoms with Gasteiger partial charge < -0.3 is 24.4 Å². The number of aliphatic hydroxyl groups is 1. The number of ether oxygens (including phenoxy) is 2. The van der Waals surface area contributed by atoms with Crippen LogP contribution in [0.2, 0.25) is 0 Å². The van der Waals surface area contributed by atoms with Crippen molar-refractivity contribution >= 4 is 12.0 Å². The molecular weight excluding hydrogens is 427 g/mol. The van der Waals surface area contributed by atoms with E-state index in [9.17, 15) is 19.1 Å². The first-order chi connectivity index (χ1) is 15.7. The molecule has 2 fully saturated rings. The monoisotopic (exact) mass is 464 g/mol. The minimum Gasteiger partial charge on any atom is -0.493 e. The summed E-state index contributed by atoms with van der Waals surface area (Å²) in [5.74, 6) is -0.0446. The second-order valence-corrected chi connectivity index (χ2v) is 10.0. The zero-order valence-electron chi connectivity index (χ0n) is 20.0. The van der Waals surface area contributed by atoms with Gasteiger partial charge in [0.05, 0.1) is 24.8 Å². The Labute approximate surface area is 195 Å². The molecule has 0 aliphatic carbocycles. The number of hydrogen-bond donors (Lipinski definition) is 1. The van der Waals surface area contributed by atoms with Gasteiger partial charge >= 0.3 is 6.09 Å². The van der Waals surface area contributed by atoms with E-state index in [-0.39, 0.29) is 30.2 Å². The SMILES string of the molecule is CC(C)(C)OC(=O)N1CCC(CCCOc2ccc(C(=O)N3CCCC3CO)c(F)c2)CC1. The maximum absolute atomic E-state index is 14.6. The maximum Gasteiger partial charge on any atom is 0.410 e. The van der Waals surface area contributed by atoms with E-state index in [1.54, 1.807) is 15.9 Å². The molecule has 0 saturated carbocycles. The van der Waals surface area contributed by atoms with Crippen molar-refractivity contribution in [2.75, 3.05) is 32.8 Å². The Morgan fingerprint density at radius 3 is 2.52 bits per heavy atom. The Morgan fingerprint density at radius 2 is 1.88 bits per heavy atom. The van der Waals surface area contributed by atoms with Gasteiger partial charge in [0, 0.05) is 25.7 Å². The number of nitrogens with zero attached hydrogens (tertiary/aromatic N) is 2. The van der Waals surface area contributed by atoms with E-state index in [4.69, 9.17) is 9.47 Å².